The zero-order chi connectivity index (χ0) is 18.7. The molecule has 1 aromatic rings. The lowest BCUT2D eigenvalue weighted by atomic mass is 9.74. The summed E-state index contributed by atoms with van der Waals surface area (Å²) in [6, 6.07) is 2.31. The van der Waals surface area contributed by atoms with Gasteiger partial charge in [-0.3, -0.25) is 4.90 Å². The summed E-state index contributed by atoms with van der Waals surface area (Å²) in [5.41, 5.74) is -0.312. The van der Waals surface area contributed by atoms with Crippen molar-refractivity contribution in [3.8, 4) is 0 Å². The number of sulfonamides is 1. The molecule has 0 amide bonds. The molecule has 3 saturated heterocycles. The lowest BCUT2D eigenvalue weighted by molar-refractivity contribution is -0.153. The molecule has 10 heteroatoms. The van der Waals surface area contributed by atoms with Crippen LogP contribution < -0.4 is 4.72 Å². The molecule has 3 aliphatic rings. The Labute approximate surface area is 149 Å². The van der Waals surface area contributed by atoms with Gasteiger partial charge in [-0.25, -0.2) is 13.1 Å². The zero-order valence-corrected chi connectivity index (χ0v) is 15.1. The Balaban J connectivity index is 1.44. The highest BCUT2D eigenvalue weighted by atomic mass is 32.2. The number of hydrogen-bond acceptors (Lipinski definition) is 5. The Bertz CT molecular complexity index is 794. The van der Waals surface area contributed by atoms with E-state index in [9.17, 15) is 21.6 Å². The fraction of sp³-hybridized carbons (Fsp3) is 0.750. The number of rotatable bonds is 5. The molecule has 0 unspecified atom stereocenters. The highest BCUT2D eigenvalue weighted by molar-refractivity contribution is 7.88. The summed E-state index contributed by atoms with van der Waals surface area (Å²) in [5, 5.41) is 0. The van der Waals surface area contributed by atoms with Crippen molar-refractivity contribution in [2.75, 3.05) is 25.9 Å². The van der Waals surface area contributed by atoms with E-state index in [-0.39, 0.29) is 35.8 Å². The third-order valence-corrected chi connectivity index (χ3v) is 6.45. The summed E-state index contributed by atoms with van der Waals surface area (Å²) < 4.78 is 74.5. The molecule has 0 aliphatic carbocycles. The fourth-order valence-electron chi connectivity index (χ4n) is 4.76. The van der Waals surface area contributed by atoms with Gasteiger partial charge in [0.15, 0.2) is 0 Å². The van der Waals surface area contributed by atoms with Crippen LogP contribution in [0, 0.1) is 11.8 Å². The van der Waals surface area contributed by atoms with Crippen LogP contribution in [0.5, 0.6) is 0 Å². The number of halogens is 3. The molecular formula is C16H21F3N2O4S. The normalized spacial score (nSPS) is 34.5. The van der Waals surface area contributed by atoms with Gasteiger partial charge in [-0.1, -0.05) is 0 Å². The topological polar surface area (TPSA) is 71.8 Å². The Morgan fingerprint density at radius 3 is 2.81 bits per heavy atom. The Morgan fingerprint density at radius 2 is 2.15 bits per heavy atom. The van der Waals surface area contributed by atoms with Gasteiger partial charge in [0.25, 0.3) is 0 Å². The second-order valence-electron chi connectivity index (χ2n) is 7.58. The van der Waals surface area contributed by atoms with Crippen molar-refractivity contribution in [3.63, 3.8) is 0 Å². The first kappa shape index (κ1) is 18.3. The Hall–Kier alpha value is -1.10. The maximum atomic E-state index is 12.7. The predicted octanol–water partition coefficient (Wildman–Crippen LogP) is 1.83. The SMILES string of the molecule is CS(=O)(=O)NC[C@H]1[C@H]2CN(Cc3ccc(C(F)(F)F)o3)C[C@]23CC[C@H]1O3. The van der Waals surface area contributed by atoms with Gasteiger partial charge < -0.3 is 9.15 Å². The van der Waals surface area contributed by atoms with Crippen molar-refractivity contribution in [2.24, 2.45) is 11.8 Å². The molecule has 4 rings (SSSR count). The molecule has 1 N–H and O–H groups in total. The summed E-state index contributed by atoms with van der Waals surface area (Å²) in [6.07, 6.45) is -1.51. The molecule has 26 heavy (non-hydrogen) atoms. The zero-order valence-electron chi connectivity index (χ0n) is 14.3. The number of nitrogens with one attached hydrogen (secondary N) is 1. The number of hydrogen-bond donors (Lipinski definition) is 1. The van der Waals surface area contributed by atoms with Gasteiger partial charge in [0.05, 0.1) is 24.5 Å². The largest absolute Gasteiger partial charge is 0.455 e. The van der Waals surface area contributed by atoms with Crippen LogP contribution in [0.25, 0.3) is 0 Å². The number of nitrogens with zero attached hydrogens (tertiary/aromatic N) is 1. The van der Waals surface area contributed by atoms with Crippen molar-refractivity contribution < 1.29 is 30.7 Å². The minimum atomic E-state index is -4.48. The smallest absolute Gasteiger partial charge is 0.449 e. The van der Waals surface area contributed by atoms with Crippen LogP contribution >= 0.6 is 0 Å². The third kappa shape index (κ3) is 3.28. The number of fused-ring (bicyclic) bond motifs is 1. The first-order valence-electron chi connectivity index (χ1n) is 8.56. The quantitative estimate of drug-likeness (QED) is 0.825. The predicted molar refractivity (Wildman–Crippen MR) is 85.7 cm³/mol. The van der Waals surface area contributed by atoms with E-state index < -0.39 is 22.0 Å². The van der Waals surface area contributed by atoms with Gasteiger partial charge >= 0.3 is 6.18 Å². The number of alkyl halides is 3. The van der Waals surface area contributed by atoms with Crippen molar-refractivity contribution in [3.05, 3.63) is 23.7 Å². The van der Waals surface area contributed by atoms with Crippen molar-refractivity contribution in [2.45, 2.75) is 37.3 Å². The van der Waals surface area contributed by atoms with E-state index in [1.54, 1.807) is 0 Å². The van der Waals surface area contributed by atoms with Crippen molar-refractivity contribution >= 4 is 10.0 Å². The van der Waals surface area contributed by atoms with Gasteiger partial charge in [-0.05, 0) is 25.0 Å². The van der Waals surface area contributed by atoms with E-state index in [0.717, 1.165) is 25.2 Å². The van der Waals surface area contributed by atoms with Gasteiger partial charge in [0, 0.05) is 31.5 Å². The van der Waals surface area contributed by atoms with E-state index in [1.165, 1.54) is 6.07 Å². The summed E-state index contributed by atoms with van der Waals surface area (Å²) in [5.74, 6) is -0.454. The van der Waals surface area contributed by atoms with Gasteiger partial charge in [-0.15, -0.1) is 0 Å². The summed E-state index contributed by atoms with van der Waals surface area (Å²) in [4.78, 5) is 2.04. The van der Waals surface area contributed by atoms with Crippen molar-refractivity contribution in [1.29, 1.82) is 0 Å². The van der Waals surface area contributed by atoms with Crippen LogP contribution in [-0.2, 0) is 27.5 Å². The van der Waals surface area contributed by atoms with Gasteiger partial charge in [0.1, 0.15) is 5.76 Å². The molecule has 2 bridgehead atoms. The minimum Gasteiger partial charge on any atom is -0.455 e. The summed E-state index contributed by atoms with van der Waals surface area (Å²) in [6.45, 7) is 1.91. The lowest BCUT2D eigenvalue weighted by Crippen LogP contribution is -2.41. The van der Waals surface area contributed by atoms with Gasteiger partial charge in [-0.2, -0.15) is 13.2 Å². The van der Waals surface area contributed by atoms with E-state index >= 15 is 0 Å². The Morgan fingerprint density at radius 1 is 1.38 bits per heavy atom. The summed E-state index contributed by atoms with van der Waals surface area (Å²) in [7, 11) is -3.27. The Kier molecular flexibility index (Phi) is 4.18. The lowest BCUT2D eigenvalue weighted by Gasteiger charge is -2.29. The average Bonchev–Trinajstić information content (AvgIpc) is 3.22. The van der Waals surface area contributed by atoms with Crippen LogP contribution in [0.15, 0.2) is 16.5 Å². The second kappa shape index (κ2) is 5.95. The second-order valence-corrected chi connectivity index (χ2v) is 9.42. The van der Waals surface area contributed by atoms with Crippen LogP contribution in [0.4, 0.5) is 13.2 Å². The van der Waals surface area contributed by atoms with Crippen LogP contribution in [0.1, 0.15) is 24.4 Å². The number of likely N-dealkylation sites (tertiary alicyclic amines) is 1. The minimum absolute atomic E-state index is 0.0526. The molecule has 0 saturated carbocycles. The van der Waals surface area contributed by atoms with Crippen LogP contribution in [-0.4, -0.2) is 50.9 Å². The molecule has 0 radical (unpaired) electrons. The molecule has 4 heterocycles. The molecule has 1 aromatic heterocycles. The third-order valence-electron chi connectivity index (χ3n) is 5.76. The van der Waals surface area contributed by atoms with Crippen molar-refractivity contribution in [1.82, 2.24) is 9.62 Å². The standard InChI is InChI=1S/C16H21F3N2O4S/c1-26(22,23)20-6-11-12-8-21(9-15(12)5-4-13(11)25-15)7-10-2-3-14(24-10)16(17,18)19/h2-3,11-13,20H,4-9H2,1H3/t11-,12+,13+,15+/m0/s1. The molecule has 1 spiro atoms. The van der Waals surface area contributed by atoms with E-state index in [4.69, 9.17) is 9.15 Å². The highest BCUT2D eigenvalue weighted by Gasteiger charge is 2.62. The molecule has 3 aliphatic heterocycles. The number of furan rings is 1. The summed E-state index contributed by atoms with van der Waals surface area (Å²) >= 11 is 0. The molecule has 4 atom stereocenters. The monoisotopic (exact) mass is 394 g/mol. The van der Waals surface area contributed by atoms with Crippen LogP contribution in [0.3, 0.4) is 0 Å². The molecular weight excluding hydrogens is 373 g/mol. The van der Waals surface area contributed by atoms with E-state index in [0.29, 0.717) is 19.6 Å². The highest BCUT2D eigenvalue weighted by Crippen LogP contribution is 2.54. The fourth-order valence-corrected chi connectivity index (χ4v) is 5.26. The maximum Gasteiger partial charge on any atom is 0.449 e. The molecule has 146 valence electrons. The maximum absolute atomic E-state index is 12.7. The average molecular weight is 394 g/mol. The molecule has 3 fully saturated rings. The molecule has 0 aromatic carbocycles. The molecule has 6 nitrogen and oxygen atoms in total. The van der Waals surface area contributed by atoms with Crippen LogP contribution in [0.2, 0.25) is 0 Å². The number of ether oxygens (including phenoxy) is 1. The van der Waals surface area contributed by atoms with Gasteiger partial charge in [0.2, 0.25) is 15.8 Å². The van der Waals surface area contributed by atoms with E-state index in [1.807, 2.05) is 4.90 Å². The first-order valence-corrected chi connectivity index (χ1v) is 10.5. The first-order chi connectivity index (χ1) is 12.1. The van der Waals surface area contributed by atoms with E-state index in [2.05, 4.69) is 4.72 Å².